The van der Waals surface area contributed by atoms with Gasteiger partial charge in [0.05, 0.1) is 22.6 Å². The van der Waals surface area contributed by atoms with Gasteiger partial charge in [-0.2, -0.15) is 5.10 Å². The molecule has 3 saturated heterocycles. The van der Waals surface area contributed by atoms with E-state index in [9.17, 15) is 19.2 Å². The van der Waals surface area contributed by atoms with E-state index in [-0.39, 0.29) is 30.2 Å². The highest BCUT2D eigenvalue weighted by molar-refractivity contribution is 6.23. The van der Waals surface area contributed by atoms with Crippen LogP contribution in [-0.2, 0) is 9.59 Å². The van der Waals surface area contributed by atoms with Gasteiger partial charge in [-0.3, -0.25) is 34.3 Å². The molecule has 1 saturated carbocycles. The number of aromatic nitrogens is 4. The number of carbonyl (C=O) groups is 4. The van der Waals surface area contributed by atoms with Crippen LogP contribution < -0.4 is 20.7 Å². The Labute approximate surface area is 322 Å². The lowest BCUT2D eigenvalue weighted by Gasteiger charge is -2.46. The van der Waals surface area contributed by atoms with Crippen LogP contribution in [0.25, 0.3) is 22.3 Å². The summed E-state index contributed by atoms with van der Waals surface area (Å²) in [6.45, 7) is 3.82. The second-order valence-corrected chi connectivity index (χ2v) is 15.9. The van der Waals surface area contributed by atoms with E-state index in [0.29, 0.717) is 23.0 Å². The van der Waals surface area contributed by atoms with Crippen molar-refractivity contribution in [1.82, 2.24) is 34.9 Å². The Kier molecular flexibility index (Phi) is 8.13. The molecule has 284 valence electrons. The number of nitrogen functional groups attached to an aromatic ring is 1. The molecule has 10 rings (SSSR count). The number of anilines is 2. The SMILES string of the molecule is Nc1ncnc2c1c(-c1ccc(Oc3ccccc3)cc1)nn2C1CCC2(CC1)CCN(C1CN(c3ccc4c(c3)C(=O)N(C3CCC(=O)NC3=O)C4=O)C1)C2. The number of likely N-dealkylation sites (tertiary alicyclic amines) is 1. The number of benzene rings is 3. The predicted molar refractivity (Wildman–Crippen MR) is 207 cm³/mol. The third-order valence-electron chi connectivity index (χ3n) is 12.6. The zero-order chi connectivity index (χ0) is 38.1. The average molecular weight is 752 g/mol. The molecule has 1 atom stereocenters. The van der Waals surface area contributed by atoms with E-state index in [4.69, 9.17) is 15.6 Å². The Morgan fingerprint density at radius 2 is 1.55 bits per heavy atom. The van der Waals surface area contributed by atoms with Crippen LogP contribution in [0.15, 0.2) is 79.1 Å². The first kappa shape index (κ1) is 34.3. The minimum absolute atomic E-state index is 0.0957. The number of rotatable bonds is 7. The largest absolute Gasteiger partial charge is 0.457 e. The lowest BCUT2D eigenvalue weighted by Crippen LogP contribution is -2.59. The van der Waals surface area contributed by atoms with Crippen molar-refractivity contribution in [2.24, 2.45) is 5.41 Å². The molecule has 2 aromatic heterocycles. The Balaban J connectivity index is 0.779. The van der Waals surface area contributed by atoms with E-state index < -0.39 is 23.8 Å². The quantitative estimate of drug-likeness (QED) is 0.216. The van der Waals surface area contributed by atoms with Crippen LogP contribution in [0.5, 0.6) is 11.5 Å². The van der Waals surface area contributed by atoms with E-state index in [1.54, 1.807) is 12.1 Å². The lowest BCUT2D eigenvalue weighted by molar-refractivity contribution is -0.136. The van der Waals surface area contributed by atoms with Crippen LogP contribution in [0.4, 0.5) is 11.5 Å². The second kappa shape index (κ2) is 13.3. The average Bonchev–Trinajstić information content (AvgIpc) is 3.85. The van der Waals surface area contributed by atoms with Crippen molar-refractivity contribution in [1.29, 1.82) is 0 Å². The van der Waals surface area contributed by atoms with Crippen molar-refractivity contribution in [2.45, 2.75) is 63.1 Å². The topological polar surface area (TPSA) is 169 Å². The molecule has 4 aliphatic heterocycles. The Bertz CT molecular complexity index is 2400. The van der Waals surface area contributed by atoms with Crippen LogP contribution in [0, 0.1) is 5.41 Å². The molecule has 4 fully saturated rings. The highest BCUT2D eigenvalue weighted by atomic mass is 16.5. The van der Waals surface area contributed by atoms with Crippen LogP contribution in [-0.4, -0.2) is 91.4 Å². The molecule has 5 aliphatic rings. The molecule has 14 heteroatoms. The van der Waals surface area contributed by atoms with Crippen LogP contribution in [0.2, 0.25) is 0 Å². The van der Waals surface area contributed by atoms with Gasteiger partial charge >= 0.3 is 0 Å². The first-order chi connectivity index (χ1) is 27.2. The molecule has 3 aromatic carbocycles. The number of amides is 4. The summed E-state index contributed by atoms with van der Waals surface area (Å²) in [5.74, 6) is -0.0146. The number of ether oxygens (including phenoxy) is 1. The molecule has 4 amide bonds. The fraction of sp³-hybridized carbons (Fsp3) is 0.357. The third-order valence-corrected chi connectivity index (χ3v) is 12.6. The van der Waals surface area contributed by atoms with Crippen molar-refractivity contribution in [2.75, 3.05) is 36.8 Å². The van der Waals surface area contributed by atoms with Crippen molar-refractivity contribution in [3.8, 4) is 22.8 Å². The summed E-state index contributed by atoms with van der Waals surface area (Å²) in [4.78, 5) is 65.5. The zero-order valence-corrected chi connectivity index (χ0v) is 30.8. The molecule has 6 heterocycles. The summed E-state index contributed by atoms with van der Waals surface area (Å²) in [7, 11) is 0. The van der Waals surface area contributed by atoms with Crippen molar-refractivity contribution < 1.29 is 23.9 Å². The molecule has 0 radical (unpaired) electrons. The number of nitrogens with two attached hydrogens (primary N) is 1. The van der Waals surface area contributed by atoms with Gasteiger partial charge in [0, 0.05) is 43.3 Å². The molecular formula is C42H41N9O5. The van der Waals surface area contributed by atoms with Crippen molar-refractivity contribution in [3.05, 3.63) is 90.3 Å². The zero-order valence-electron chi connectivity index (χ0n) is 30.8. The maximum atomic E-state index is 13.4. The smallest absolute Gasteiger partial charge is 0.262 e. The second-order valence-electron chi connectivity index (χ2n) is 15.9. The minimum atomic E-state index is -0.969. The van der Waals surface area contributed by atoms with Crippen LogP contribution in [0.1, 0.15) is 71.7 Å². The summed E-state index contributed by atoms with van der Waals surface area (Å²) in [5, 5.41) is 8.17. The summed E-state index contributed by atoms with van der Waals surface area (Å²) in [5.41, 5.74) is 10.7. The number of para-hydroxylation sites is 1. The minimum Gasteiger partial charge on any atom is -0.457 e. The predicted octanol–water partition coefficient (Wildman–Crippen LogP) is 4.97. The first-order valence-corrected chi connectivity index (χ1v) is 19.4. The Morgan fingerprint density at radius 1 is 0.804 bits per heavy atom. The standard InChI is InChI=1S/C42H41N9O5/c43-37-35-36(25-6-9-30(10-7-25)56-29-4-2-1-3-5-29)47-51(38(35)45-24-44-37)26-14-16-42(17-15-26)18-19-48(23-42)28-21-49(22-28)27-8-11-31-32(20-27)41(55)50(40(31)54)33-12-13-34(52)46-39(33)53/h1-11,20,24,26,28,33H,12-19,21-23H2,(H2,43,44,45)(H,46,52,53). The first-order valence-electron chi connectivity index (χ1n) is 19.4. The highest BCUT2D eigenvalue weighted by Crippen LogP contribution is 2.49. The van der Waals surface area contributed by atoms with Gasteiger partial charge in [-0.1, -0.05) is 18.2 Å². The Hall–Kier alpha value is -6.15. The molecule has 56 heavy (non-hydrogen) atoms. The fourth-order valence-corrected chi connectivity index (χ4v) is 9.46. The van der Waals surface area contributed by atoms with Gasteiger partial charge in [0.25, 0.3) is 11.8 Å². The normalized spacial score (nSPS) is 24.2. The summed E-state index contributed by atoms with van der Waals surface area (Å²) in [6, 6.07) is 22.6. The number of imide groups is 2. The van der Waals surface area contributed by atoms with Crippen LogP contribution in [0.3, 0.4) is 0 Å². The van der Waals surface area contributed by atoms with Crippen LogP contribution >= 0.6 is 0 Å². The van der Waals surface area contributed by atoms with E-state index >= 15 is 0 Å². The number of carbonyl (C=O) groups excluding carboxylic acids is 4. The van der Waals surface area contributed by atoms with Gasteiger partial charge in [0.15, 0.2) is 5.65 Å². The summed E-state index contributed by atoms with van der Waals surface area (Å²) < 4.78 is 8.09. The van der Waals surface area contributed by atoms with E-state index in [1.165, 1.54) is 12.7 Å². The number of piperidine rings is 1. The number of nitrogens with one attached hydrogen (secondary N) is 1. The van der Waals surface area contributed by atoms with E-state index in [2.05, 4.69) is 29.8 Å². The van der Waals surface area contributed by atoms with Crippen molar-refractivity contribution >= 4 is 46.2 Å². The molecule has 5 aromatic rings. The number of hydrogen-bond acceptors (Lipinski definition) is 11. The maximum absolute atomic E-state index is 13.4. The number of fused-ring (bicyclic) bond motifs is 2. The molecule has 14 nitrogen and oxygen atoms in total. The lowest BCUT2D eigenvalue weighted by atomic mass is 9.72. The molecule has 1 spiro atoms. The van der Waals surface area contributed by atoms with Crippen molar-refractivity contribution in [3.63, 3.8) is 0 Å². The number of nitrogens with zero attached hydrogens (tertiary/aromatic N) is 7. The summed E-state index contributed by atoms with van der Waals surface area (Å²) in [6.07, 6.45) is 7.15. The van der Waals surface area contributed by atoms with Gasteiger partial charge in [0.2, 0.25) is 11.8 Å². The van der Waals surface area contributed by atoms with Gasteiger partial charge in [-0.25, -0.2) is 14.6 Å². The molecule has 0 bridgehead atoms. The monoisotopic (exact) mass is 751 g/mol. The van der Waals surface area contributed by atoms with Gasteiger partial charge in [-0.05, 0) is 105 Å². The van der Waals surface area contributed by atoms with E-state index in [1.807, 2.05) is 60.7 Å². The highest BCUT2D eigenvalue weighted by Gasteiger charge is 2.47. The van der Waals surface area contributed by atoms with Gasteiger partial charge in [-0.15, -0.1) is 0 Å². The summed E-state index contributed by atoms with van der Waals surface area (Å²) >= 11 is 0. The third kappa shape index (κ3) is 5.78. The van der Waals surface area contributed by atoms with Gasteiger partial charge < -0.3 is 15.4 Å². The molecular weight excluding hydrogens is 711 g/mol. The van der Waals surface area contributed by atoms with E-state index in [0.717, 1.165) is 96.2 Å². The molecule has 3 N–H and O–H groups in total. The maximum Gasteiger partial charge on any atom is 0.262 e. The molecule has 1 aliphatic carbocycles. The number of hydrogen-bond donors (Lipinski definition) is 2. The molecule has 1 unspecified atom stereocenters. The Morgan fingerprint density at radius 3 is 2.32 bits per heavy atom. The fourth-order valence-electron chi connectivity index (χ4n) is 9.46. The van der Waals surface area contributed by atoms with Gasteiger partial charge in [0.1, 0.15) is 35.4 Å².